The van der Waals surface area contributed by atoms with E-state index in [9.17, 15) is 4.79 Å². The molecule has 27 heavy (non-hydrogen) atoms. The number of hydrogen-bond donors (Lipinski definition) is 1. The van der Waals surface area contributed by atoms with Crippen LogP contribution in [0.4, 0.5) is 0 Å². The molecule has 0 saturated heterocycles. The van der Waals surface area contributed by atoms with Gasteiger partial charge in [0, 0.05) is 13.0 Å². The number of ether oxygens (including phenoxy) is 2. The lowest BCUT2D eigenvalue weighted by molar-refractivity contribution is -0.154. The van der Waals surface area contributed by atoms with Crippen LogP contribution in [0.2, 0.25) is 0 Å². The monoisotopic (exact) mass is 386 g/mol. The van der Waals surface area contributed by atoms with Crippen molar-refractivity contribution < 1.29 is 19.4 Å². The van der Waals surface area contributed by atoms with Gasteiger partial charge in [0.25, 0.3) is 0 Å². The first-order valence-electron chi connectivity index (χ1n) is 11.6. The van der Waals surface area contributed by atoms with E-state index >= 15 is 0 Å². The van der Waals surface area contributed by atoms with Gasteiger partial charge in [0.05, 0.1) is 13.2 Å². The molecule has 0 rings (SSSR count). The Morgan fingerprint density at radius 2 is 1.19 bits per heavy atom. The number of aliphatic hydroxyl groups is 1. The van der Waals surface area contributed by atoms with E-state index in [1.165, 1.54) is 83.5 Å². The molecule has 1 atom stereocenters. The summed E-state index contributed by atoms with van der Waals surface area (Å²) in [5.41, 5.74) is 0. The summed E-state index contributed by atoms with van der Waals surface area (Å²) in [5.74, 6) is -0.219. The highest BCUT2D eigenvalue weighted by atomic mass is 16.6. The van der Waals surface area contributed by atoms with Crippen LogP contribution in [0.5, 0.6) is 0 Å². The molecule has 1 unspecified atom stereocenters. The van der Waals surface area contributed by atoms with E-state index in [1.807, 2.05) is 6.92 Å². The van der Waals surface area contributed by atoms with Crippen molar-refractivity contribution in [3.8, 4) is 0 Å². The molecule has 162 valence electrons. The Bertz CT molecular complexity index is 307. The zero-order valence-electron chi connectivity index (χ0n) is 18.2. The van der Waals surface area contributed by atoms with Gasteiger partial charge in [-0.05, 0) is 13.3 Å². The number of esters is 1. The molecule has 0 heterocycles. The summed E-state index contributed by atoms with van der Waals surface area (Å²) in [4.78, 5) is 11.7. The maximum Gasteiger partial charge on any atom is 0.306 e. The summed E-state index contributed by atoms with van der Waals surface area (Å²) < 4.78 is 10.4. The summed E-state index contributed by atoms with van der Waals surface area (Å²) in [6.07, 6.45) is 19.6. The minimum absolute atomic E-state index is 0.176. The van der Waals surface area contributed by atoms with E-state index in [0.29, 0.717) is 13.0 Å². The molecular weight excluding hydrogens is 340 g/mol. The van der Waals surface area contributed by atoms with E-state index in [2.05, 4.69) is 6.92 Å². The third-order valence-electron chi connectivity index (χ3n) is 4.99. The zero-order valence-corrected chi connectivity index (χ0v) is 18.2. The number of aliphatic hydroxyl groups excluding tert-OH is 1. The summed E-state index contributed by atoms with van der Waals surface area (Å²) in [5, 5.41) is 9.15. The second kappa shape index (κ2) is 21.7. The van der Waals surface area contributed by atoms with Crippen molar-refractivity contribution in [3.63, 3.8) is 0 Å². The van der Waals surface area contributed by atoms with Crippen LogP contribution in [0.3, 0.4) is 0 Å². The van der Waals surface area contributed by atoms with Gasteiger partial charge in [-0.3, -0.25) is 4.79 Å². The molecule has 0 radical (unpaired) electrons. The highest BCUT2D eigenvalue weighted by molar-refractivity contribution is 5.69. The van der Waals surface area contributed by atoms with Crippen molar-refractivity contribution in [2.45, 2.75) is 123 Å². The first kappa shape index (κ1) is 26.4. The Kier molecular flexibility index (Phi) is 21.2. The third kappa shape index (κ3) is 19.9. The molecule has 0 spiro atoms. The van der Waals surface area contributed by atoms with Gasteiger partial charge < -0.3 is 14.6 Å². The quantitative estimate of drug-likeness (QED) is 0.189. The van der Waals surface area contributed by atoms with Crippen molar-refractivity contribution in [3.05, 3.63) is 0 Å². The summed E-state index contributed by atoms with van der Waals surface area (Å²) >= 11 is 0. The highest BCUT2D eigenvalue weighted by Gasteiger charge is 2.13. The fourth-order valence-corrected chi connectivity index (χ4v) is 3.26. The summed E-state index contributed by atoms with van der Waals surface area (Å²) in [6.45, 7) is 4.81. The Hall–Kier alpha value is -0.610. The summed E-state index contributed by atoms with van der Waals surface area (Å²) in [7, 11) is 0. The van der Waals surface area contributed by atoms with Gasteiger partial charge in [0.1, 0.15) is 6.10 Å². The van der Waals surface area contributed by atoms with Gasteiger partial charge in [-0.25, -0.2) is 0 Å². The lowest BCUT2D eigenvalue weighted by Gasteiger charge is -2.15. The number of rotatable bonds is 21. The van der Waals surface area contributed by atoms with Crippen LogP contribution < -0.4 is 0 Å². The minimum atomic E-state index is -0.520. The van der Waals surface area contributed by atoms with Crippen LogP contribution >= 0.6 is 0 Å². The lowest BCUT2D eigenvalue weighted by Crippen LogP contribution is -2.27. The molecule has 1 N–H and O–H groups in total. The predicted molar refractivity (Wildman–Crippen MR) is 113 cm³/mol. The predicted octanol–water partition coefficient (Wildman–Crippen LogP) is 6.19. The van der Waals surface area contributed by atoms with Gasteiger partial charge in [-0.2, -0.15) is 0 Å². The van der Waals surface area contributed by atoms with Crippen LogP contribution in [0.15, 0.2) is 0 Å². The number of carbonyl (C=O) groups is 1. The minimum Gasteiger partial charge on any atom is -0.457 e. The molecule has 0 aliphatic rings. The molecule has 0 amide bonds. The molecule has 0 aromatic carbocycles. The van der Waals surface area contributed by atoms with Crippen LogP contribution in [0.25, 0.3) is 0 Å². The van der Waals surface area contributed by atoms with E-state index in [-0.39, 0.29) is 19.2 Å². The smallest absolute Gasteiger partial charge is 0.306 e. The number of hydrogen-bond acceptors (Lipinski definition) is 4. The van der Waals surface area contributed by atoms with Crippen molar-refractivity contribution in [2.24, 2.45) is 0 Å². The first-order chi connectivity index (χ1) is 13.2. The van der Waals surface area contributed by atoms with Crippen molar-refractivity contribution in [2.75, 3.05) is 19.8 Å². The van der Waals surface area contributed by atoms with Gasteiger partial charge in [-0.1, -0.05) is 96.8 Å². The van der Waals surface area contributed by atoms with Crippen molar-refractivity contribution in [1.29, 1.82) is 0 Å². The maximum absolute atomic E-state index is 11.7. The average molecular weight is 387 g/mol. The van der Waals surface area contributed by atoms with Crippen LogP contribution in [0, 0.1) is 0 Å². The average Bonchev–Trinajstić information content (AvgIpc) is 2.68. The summed E-state index contributed by atoms with van der Waals surface area (Å²) in [6, 6.07) is 0. The third-order valence-corrected chi connectivity index (χ3v) is 4.99. The first-order valence-corrected chi connectivity index (χ1v) is 11.6. The van der Waals surface area contributed by atoms with Gasteiger partial charge in [0.15, 0.2) is 0 Å². The van der Waals surface area contributed by atoms with Crippen molar-refractivity contribution in [1.82, 2.24) is 0 Å². The Morgan fingerprint density at radius 3 is 1.59 bits per heavy atom. The molecule has 4 heteroatoms. The molecule has 0 aromatic rings. The number of carbonyl (C=O) groups excluding carboxylic acids is 1. The maximum atomic E-state index is 11.7. The Balaban J connectivity index is 3.27. The molecule has 0 bridgehead atoms. The Labute approximate surface area is 168 Å². The highest BCUT2D eigenvalue weighted by Crippen LogP contribution is 2.14. The van der Waals surface area contributed by atoms with Gasteiger partial charge in [-0.15, -0.1) is 0 Å². The lowest BCUT2D eigenvalue weighted by atomic mass is 10.0. The van der Waals surface area contributed by atoms with E-state index < -0.39 is 6.10 Å². The van der Waals surface area contributed by atoms with Gasteiger partial charge in [0.2, 0.25) is 0 Å². The van der Waals surface area contributed by atoms with E-state index in [0.717, 1.165) is 12.8 Å². The number of unbranched alkanes of at least 4 members (excludes halogenated alkanes) is 14. The van der Waals surface area contributed by atoms with E-state index in [1.54, 1.807) is 0 Å². The van der Waals surface area contributed by atoms with Crippen molar-refractivity contribution >= 4 is 5.97 Å². The molecular formula is C23H46O4. The second-order valence-electron chi connectivity index (χ2n) is 7.65. The van der Waals surface area contributed by atoms with Gasteiger partial charge >= 0.3 is 5.97 Å². The second-order valence-corrected chi connectivity index (χ2v) is 7.65. The van der Waals surface area contributed by atoms with E-state index in [4.69, 9.17) is 14.6 Å². The topological polar surface area (TPSA) is 55.8 Å². The molecule has 0 saturated carbocycles. The Morgan fingerprint density at radius 1 is 0.741 bits per heavy atom. The van der Waals surface area contributed by atoms with Crippen LogP contribution in [-0.4, -0.2) is 37.0 Å². The van der Waals surface area contributed by atoms with Crippen LogP contribution in [0.1, 0.15) is 117 Å². The normalized spacial score (nSPS) is 12.3. The fourth-order valence-electron chi connectivity index (χ4n) is 3.26. The zero-order chi connectivity index (χ0) is 20.0. The largest absolute Gasteiger partial charge is 0.457 e. The molecule has 0 aliphatic carbocycles. The standard InChI is InChI=1S/C23H46O4/c1-3-5-6-7-8-9-10-11-12-13-14-15-16-17-18-19-23(25)27-22(20-24)21-26-4-2/h22,24H,3-21H2,1-2H3. The molecule has 0 fully saturated rings. The molecule has 4 nitrogen and oxygen atoms in total. The van der Waals surface area contributed by atoms with Crippen LogP contribution in [-0.2, 0) is 14.3 Å². The SMILES string of the molecule is CCCCCCCCCCCCCCCCCC(=O)OC(CO)COCC. The molecule has 0 aromatic heterocycles. The molecule has 0 aliphatic heterocycles. The fraction of sp³-hybridized carbons (Fsp3) is 0.957.